The second-order valence-corrected chi connectivity index (χ2v) is 12.1. The molecule has 0 radical (unpaired) electrons. The second-order valence-electron chi connectivity index (χ2n) is 7.69. The number of fused-ring (bicyclic) bond motifs is 1. The number of amides is 1. The van der Waals surface area contributed by atoms with Crippen LogP contribution in [-0.2, 0) is 21.2 Å². The molecule has 0 saturated carbocycles. The molecule has 0 spiro atoms. The van der Waals surface area contributed by atoms with Gasteiger partial charge in [0.1, 0.15) is 4.83 Å². The quantitative estimate of drug-likeness (QED) is 0.433. The molecular weight excluding hydrogens is 454 g/mol. The zero-order valence-electron chi connectivity index (χ0n) is 17.3. The number of carbonyl (C=O) groups is 1. The van der Waals surface area contributed by atoms with E-state index in [1.165, 1.54) is 23.1 Å². The molecule has 1 saturated heterocycles. The Morgan fingerprint density at radius 2 is 2.03 bits per heavy atom. The molecule has 3 heterocycles. The van der Waals surface area contributed by atoms with Gasteiger partial charge in [-0.05, 0) is 31.4 Å². The van der Waals surface area contributed by atoms with Crippen LogP contribution in [0.5, 0.6) is 0 Å². The molecule has 0 bridgehead atoms. The van der Waals surface area contributed by atoms with Crippen molar-refractivity contribution in [3.05, 3.63) is 56.7 Å². The molecule has 0 unspecified atom stereocenters. The maximum atomic E-state index is 13.3. The zero-order valence-corrected chi connectivity index (χ0v) is 19.7. The summed E-state index contributed by atoms with van der Waals surface area (Å²) in [6.45, 7) is 4.26. The lowest BCUT2D eigenvalue weighted by Crippen LogP contribution is -2.36. The monoisotopic (exact) mass is 477 g/mol. The van der Waals surface area contributed by atoms with Crippen molar-refractivity contribution in [3.63, 3.8) is 0 Å². The fourth-order valence-electron chi connectivity index (χ4n) is 3.63. The summed E-state index contributed by atoms with van der Waals surface area (Å²) in [7, 11) is -3.06. The Morgan fingerprint density at radius 1 is 1.29 bits per heavy atom. The van der Waals surface area contributed by atoms with Crippen molar-refractivity contribution in [2.45, 2.75) is 38.0 Å². The van der Waals surface area contributed by atoms with Crippen LogP contribution in [0.25, 0.3) is 10.2 Å². The fourth-order valence-corrected chi connectivity index (χ4v) is 7.19. The molecule has 1 atom stereocenters. The minimum atomic E-state index is -3.06. The smallest absolute Gasteiger partial charge is 0.263 e. The summed E-state index contributed by atoms with van der Waals surface area (Å²) in [5, 5.41) is 3.90. The van der Waals surface area contributed by atoms with E-state index < -0.39 is 9.84 Å². The van der Waals surface area contributed by atoms with Crippen molar-refractivity contribution in [1.82, 2.24) is 14.9 Å². The third kappa shape index (κ3) is 4.86. The maximum Gasteiger partial charge on any atom is 0.263 e. The number of aromatic nitrogens is 2. The molecule has 164 valence electrons. The SMILES string of the molecule is Cc1sc2nc(SCC(=O)N[C@H]3CCS(=O)(=O)C3)n(Cc3ccccc3)c(=O)c2c1C. The largest absolute Gasteiger partial charge is 0.352 e. The summed E-state index contributed by atoms with van der Waals surface area (Å²) in [4.78, 5) is 32.2. The van der Waals surface area contributed by atoms with E-state index in [-0.39, 0.29) is 34.8 Å². The number of rotatable bonds is 6. The van der Waals surface area contributed by atoms with Crippen LogP contribution in [-0.4, -0.2) is 47.2 Å². The number of nitrogens with zero attached hydrogens (tertiary/aromatic N) is 2. The second kappa shape index (κ2) is 8.76. The van der Waals surface area contributed by atoms with E-state index >= 15 is 0 Å². The van der Waals surface area contributed by atoms with E-state index in [2.05, 4.69) is 5.32 Å². The van der Waals surface area contributed by atoms with Crippen molar-refractivity contribution >= 4 is 49.1 Å². The van der Waals surface area contributed by atoms with Crippen LogP contribution in [0.4, 0.5) is 0 Å². The molecular formula is C21H23N3O4S3. The Hall–Kier alpha value is -2.17. The van der Waals surface area contributed by atoms with E-state index in [1.54, 1.807) is 4.57 Å². The summed E-state index contributed by atoms with van der Waals surface area (Å²) in [6.07, 6.45) is 0.440. The Morgan fingerprint density at radius 3 is 2.71 bits per heavy atom. The van der Waals surface area contributed by atoms with Crippen molar-refractivity contribution in [2.24, 2.45) is 0 Å². The molecule has 1 fully saturated rings. The number of hydrogen-bond donors (Lipinski definition) is 1. The molecule has 7 nitrogen and oxygen atoms in total. The molecule has 3 aromatic rings. The van der Waals surface area contributed by atoms with Gasteiger partial charge in [-0.1, -0.05) is 42.1 Å². The first-order valence-corrected chi connectivity index (χ1v) is 13.5. The summed E-state index contributed by atoms with van der Waals surface area (Å²) in [5.74, 6) is -0.102. The van der Waals surface area contributed by atoms with Crippen molar-refractivity contribution in [2.75, 3.05) is 17.3 Å². The van der Waals surface area contributed by atoms with E-state index in [0.717, 1.165) is 16.0 Å². The zero-order chi connectivity index (χ0) is 22.2. The average molecular weight is 478 g/mol. The van der Waals surface area contributed by atoms with Crippen LogP contribution in [0.3, 0.4) is 0 Å². The maximum absolute atomic E-state index is 13.3. The van der Waals surface area contributed by atoms with Gasteiger partial charge in [0.25, 0.3) is 5.56 Å². The number of benzene rings is 1. The van der Waals surface area contributed by atoms with E-state index in [1.807, 2.05) is 44.2 Å². The summed E-state index contributed by atoms with van der Waals surface area (Å²) in [6, 6.07) is 9.31. The molecule has 10 heteroatoms. The van der Waals surface area contributed by atoms with Crippen LogP contribution in [0.2, 0.25) is 0 Å². The molecule has 1 aliphatic heterocycles. The standard InChI is InChI=1S/C21H23N3O4S3/c1-13-14(2)30-19-18(13)20(26)24(10-15-6-4-3-5-7-15)21(23-19)29-11-17(25)22-16-8-9-31(27,28)12-16/h3-7,16H,8-12H2,1-2H3,(H,22,25)/t16-/m0/s1. The first kappa shape index (κ1) is 22.0. The van der Waals surface area contributed by atoms with Gasteiger partial charge < -0.3 is 5.32 Å². The topological polar surface area (TPSA) is 98.1 Å². The number of thiophene rings is 1. The normalized spacial score (nSPS) is 17.8. The number of hydrogen-bond acceptors (Lipinski definition) is 7. The van der Waals surface area contributed by atoms with E-state index in [0.29, 0.717) is 28.3 Å². The molecule has 4 rings (SSSR count). The number of nitrogens with one attached hydrogen (secondary N) is 1. The third-order valence-corrected chi connectivity index (χ3v) is 9.21. The Labute approximate surface area is 188 Å². The molecule has 0 aliphatic carbocycles. The van der Waals surface area contributed by atoms with Crippen molar-refractivity contribution in [1.29, 1.82) is 0 Å². The van der Waals surface area contributed by atoms with Crippen LogP contribution in [0.1, 0.15) is 22.4 Å². The number of carbonyl (C=O) groups excluding carboxylic acids is 1. The van der Waals surface area contributed by atoms with Crippen LogP contribution < -0.4 is 10.9 Å². The molecule has 1 aromatic carbocycles. The van der Waals surface area contributed by atoms with Gasteiger partial charge in [-0.3, -0.25) is 14.2 Å². The molecule has 1 N–H and O–H groups in total. The minimum absolute atomic E-state index is 0.0138. The van der Waals surface area contributed by atoms with Crippen LogP contribution in [0.15, 0.2) is 40.3 Å². The summed E-state index contributed by atoms with van der Waals surface area (Å²) in [5.41, 5.74) is 1.80. The van der Waals surface area contributed by atoms with Gasteiger partial charge in [0, 0.05) is 10.9 Å². The van der Waals surface area contributed by atoms with Gasteiger partial charge in [0.15, 0.2) is 15.0 Å². The lowest BCUT2D eigenvalue weighted by molar-refractivity contribution is -0.119. The van der Waals surface area contributed by atoms with Gasteiger partial charge in [0.05, 0.1) is 29.2 Å². The van der Waals surface area contributed by atoms with Gasteiger partial charge in [0.2, 0.25) is 5.91 Å². The van der Waals surface area contributed by atoms with Crippen LogP contribution >= 0.6 is 23.1 Å². The highest BCUT2D eigenvalue weighted by atomic mass is 32.2. The average Bonchev–Trinajstić information content (AvgIpc) is 3.21. The Kier molecular flexibility index (Phi) is 6.23. The van der Waals surface area contributed by atoms with Gasteiger partial charge in [-0.25, -0.2) is 13.4 Å². The van der Waals surface area contributed by atoms with Crippen molar-refractivity contribution < 1.29 is 13.2 Å². The first-order chi connectivity index (χ1) is 14.7. The molecule has 1 amide bonds. The van der Waals surface area contributed by atoms with Crippen LogP contribution in [0, 0.1) is 13.8 Å². The minimum Gasteiger partial charge on any atom is -0.352 e. The highest BCUT2D eigenvalue weighted by Gasteiger charge is 2.29. The first-order valence-electron chi connectivity index (χ1n) is 9.90. The predicted molar refractivity (Wildman–Crippen MR) is 125 cm³/mol. The van der Waals surface area contributed by atoms with Gasteiger partial charge in [-0.15, -0.1) is 11.3 Å². The number of thioether (sulfide) groups is 1. The Balaban J connectivity index is 1.60. The third-order valence-electron chi connectivity index (χ3n) is 5.37. The Bertz CT molecular complexity index is 1300. The number of aryl methyl sites for hydroxylation is 2. The molecule has 31 heavy (non-hydrogen) atoms. The lowest BCUT2D eigenvalue weighted by atomic mass is 10.2. The highest BCUT2D eigenvalue weighted by Crippen LogP contribution is 2.28. The van der Waals surface area contributed by atoms with Crippen molar-refractivity contribution in [3.8, 4) is 0 Å². The predicted octanol–water partition coefficient (Wildman–Crippen LogP) is 2.52. The van der Waals surface area contributed by atoms with E-state index in [9.17, 15) is 18.0 Å². The van der Waals surface area contributed by atoms with Gasteiger partial charge in [-0.2, -0.15) is 0 Å². The molecule has 1 aliphatic rings. The molecule has 2 aromatic heterocycles. The fraction of sp³-hybridized carbons (Fsp3) is 0.381. The van der Waals surface area contributed by atoms with Gasteiger partial charge >= 0.3 is 0 Å². The summed E-state index contributed by atoms with van der Waals surface area (Å²) >= 11 is 2.68. The van der Waals surface area contributed by atoms with E-state index in [4.69, 9.17) is 4.98 Å². The highest BCUT2D eigenvalue weighted by molar-refractivity contribution is 7.99. The number of sulfone groups is 1. The summed E-state index contributed by atoms with van der Waals surface area (Å²) < 4.78 is 24.8. The lowest BCUT2D eigenvalue weighted by Gasteiger charge is -2.14.